The summed E-state index contributed by atoms with van der Waals surface area (Å²) in [7, 11) is 0. The maximum Gasteiger partial charge on any atom is 0.223 e. The fourth-order valence-corrected chi connectivity index (χ4v) is 4.51. The van der Waals surface area contributed by atoms with Crippen molar-refractivity contribution in [2.45, 2.75) is 45.1 Å². The summed E-state index contributed by atoms with van der Waals surface area (Å²) in [4.78, 5) is 17.3. The Balaban J connectivity index is 1.61. The van der Waals surface area contributed by atoms with Crippen LogP contribution in [0.5, 0.6) is 0 Å². The van der Waals surface area contributed by atoms with Crippen molar-refractivity contribution in [3.63, 3.8) is 0 Å². The molecular weight excluding hydrogens is 455 g/mol. The molecule has 5 nitrogen and oxygen atoms in total. The molecule has 1 aromatic heterocycles. The Bertz CT molecular complexity index is 1060. The Morgan fingerprint density at radius 1 is 0.968 bits per heavy atom. The highest BCUT2D eigenvalue weighted by Crippen LogP contribution is 2.31. The van der Waals surface area contributed by atoms with E-state index in [1.807, 2.05) is 18.2 Å². The first kappa shape index (κ1) is 22.1. The molecule has 162 valence electrons. The minimum atomic E-state index is 0.0750. The minimum absolute atomic E-state index is 0.0750. The first-order valence-corrected chi connectivity index (χ1v) is 11.6. The summed E-state index contributed by atoms with van der Waals surface area (Å²) in [6, 6.07) is 12.5. The third-order valence-electron chi connectivity index (χ3n) is 5.54. The van der Waals surface area contributed by atoms with Crippen LogP contribution in [0.25, 0.3) is 17.1 Å². The van der Waals surface area contributed by atoms with Crippen molar-refractivity contribution < 1.29 is 4.79 Å². The molecule has 1 saturated carbocycles. The highest BCUT2D eigenvalue weighted by Gasteiger charge is 2.21. The Kier molecular flexibility index (Phi) is 7.16. The number of nitrogens with zero attached hydrogens (tertiary/aromatic N) is 3. The van der Waals surface area contributed by atoms with E-state index >= 15 is 0 Å². The van der Waals surface area contributed by atoms with Gasteiger partial charge in [-0.25, -0.2) is 9.67 Å². The molecule has 1 aliphatic carbocycles. The van der Waals surface area contributed by atoms with Crippen LogP contribution in [0.1, 0.15) is 44.3 Å². The maximum absolute atomic E-state index is 12.7. The van der Waals surface area contributed by atoms with Crippen LogP contribution >= 0.6 is 34.8 Å². The molecule has 0 spiro atoms. The van der Waals surface area contributed by atoms with E-state index in [2.05, 4.69) is 15.4 Å². The SMILES string of the molecule is O=C(NCc1nc(-c2ccc(Cl)cc2Cl)n(-c2ccc(Cl)cc2)n1)C1CCCCCC1. The van der Waals surface area contributed by atoms with Gasteiger partial charge in [-0.05, 0) is 55.3 Å². The van der Waals surface area contributed by atoms with Crippen LogP contribution in [-0.4, -0.2) is 20.7 Å². The van der Waals surface area contributed by atoms with Crippen molar-refractivity contribution in [2.75, 3.05) is 0 Å². The third kappa shape index (κ3) is 5.40. The molecule has 2 aromatic carbocycles. The van der Waals surface area contributed by atoms with E-state index in [4.69, 9.17) is 34.8 Å². The number of hydrogen-bond acceptors (Lipinski definition) is 3. The molecule has 0 bridgehead atoms. The summed E-state index contributed by atoms with van der Waals surface area (Å²) in [6.45, 7) is 0.258. The van der Waals surface area contributed by atoms with E-state index in [-0.39, 0.29) is 18.4 Å². The topological polar surface area (TPSA) is 59.8 Å². The van der Waals surface area contributed by atoms with Crippen molar-refractivity contribution in [1.82, 2.24) is 20.1 Å². The van der Waals surface area contributed by atoms with Crippen LogP contribution in [0.2, 0.25) is 15.1 Å². The molecule has 4 rings (SSSR count). The third-order valence-corrected chi connectivity index (χ3v) is 6.34. The molecule has 0 saturated heterocycles. The standard InChI is InChI=1S/C23H23Cl3N4O/c24-16-7-10-18(11-8-16)30-22(19-12-9-17(25)13-20(19)26)28-21(29-30)14-27-23(31)15-5-3-1-2-4-6-15/h7-13,15H,1-6,14H2,(H,27,31). The maximum atomic E-state index is 12.7. The summed E-state index contributed by atoms with van der Waals surface area (Å²) < 4.78 is 1.71. The second-order valence-electron chi connectivity index (χ2n) is 7.77. The van der Waals surface area contributed by atoms with Crippen LogP contribution in [0, 0.1) is 5.92 Å². The molecule has 0 atom stereocenters. The van der Waals surface area contributed by atoms with Crippen LogP contribution in [0.4, 0.5) is 0 Å². The Hall–Kier alpha value is -2.08. The lowest BCUT2D eigenvalue weighted by Crippen LogP contribution is -2.30. The normalized spacial score (nSPS) is 14.9. The highest BCUT2D eigenvalue weighted by atomic mass is 35.5. The lowest BCUT2D eigenvalue weighted by Gasteiger charge is -2.12. The lowest BCUT2D eigenvalue weighted by molar-refractivity contribution is -0.125. The van der Waals surface area contributed by atoms with E-state index in [1.54, 1.807) is 28.9 Å². The molecule has 3 aromatic rings. The first-order chi connectivity index (χ1) is 15.0. The molecule has 1 amide bonds. The minimum Gasteiger partial charge on any atom is -0.348 e. The molecule has 31 heavy (non-hydrogen) atoms. The van der Waals surface area contributed by atoms with Gasteiger partial charge in [0.2, 0.25) is 5.91 Å². The van der Waals surface area contributed by atoms with E-state index in [1.165, 1.54) is 12.8 Å². The van der Waals surface area contributed by atoms with Crippen molar-refractivity contribution in [1.29, 1.82) is 0 Å². The van der Waals surface area contributed by atoms with Crippen LogP contribution in [0.15, 0.2) is 42.5 Å². The van der Waals surface area contributed by atoms with Gasteiger partial charge in [-0.2, -0.15) is 0 Å². The summed E-state index contributed by atoms with van der Waals surface area (Å²) in [6.07, 6.45) is 6.54. The highest BCUT2D eigenvalue weighted by molar-refractivity contribution is 6.36. The summed E-state index contributed by atoms with van der Waals surface area (Å²) in [5.74, 6) is 1.24. The van der Waals surface area contributed by atoms with E-state index < -0.39 is 0 Å². The largest absolute Gasteiger partial charge is 0.348 e. The Morgan fingerprint density at radius 2 is 1.65 bits per heavy atom. The molecule has 1 heterocycles. The molecular formula is C23H23Cl3N4O. The predicted molar refractivity (Wildman–Crippen MR) is 125 cm³/mol. The Labute approximate surface area is 196 Å². The van der Waals surface area contributed by atoms with Crippen LogP contribution < -0.4 is 5.32 Å². The molecule has 8 heteroatoms. The van der Waals surface area contributed by atoms with Gasteiger partial charge in [0.1, 0.15) is 0 Å². The molecule has 1 aliphatic rings. The van der Waals surface area contributed by atoms with Gasteiger partial charge in [0.05, 0.1) is 17.3 Å². The monoisotopic (exact) mass is 476 g/mol. The lowest BCUT2D eigenvalue weighted by atomic mass is 9.99. The zero-order chi connectivity index (χ0) is 21.8. The fourth-order valence-electron chi connectivity index (χ4n) is 3.89. The quantitative estimate of drug-likeness (QED) is 0.428. The first-order valence-electron chi connectivity index (χ1n) is 10.5. The number of aromatic nitrogens is 3. The van der Waals surface area contributed by atoms with Crippen LogP contribution in [-0.2, 0) is 11.3 Å². The second-order valence-corrected chi connectivity index (χ2v) is 9.05. The zero-order valence-electron chi connectivity index (χ0n) is 17.0. The van der Waals surface area contributed by atoms with Gasteiger partial charge >= 0.3 is 0 Å². The molecule has 0 aliphatic heterocycles. The number of nitrogens with one attached hydrogen (secondary N) is 1. The number of benzene rings is 2. The summed E-state index contributed by atoms with van der Waals surface area (Å²) in [5, 5.41) is 9.31. The smallest absolute Gasteiger partial charge is 0.223 e. The number of hydrogen-bond donors (Lipinski definition) is 1. The van der Waals surface area contributed by atoms with Gasteiger partial charge in [-0.3, -0.25) is 4.79 Å². The van der Waals surface area contributed by atoms with Crippen molar-refractivity contribution in [3.05, 3.63) is 63.4 Å². The van der Waals surface area contributed by atoms with Crippen molar-refractivity contribution in [2.24, 2.45) is 5.92 Å². The van der Waals surface area contributed by atoms with Gasteiger partial charge in [0.25, 0.3) is 0 Å². The van der Waals surface area contributed by atoms with Crippen LogP contribution in [0.3, 0.4) is 0 Å². The number of amides is 1. The fraction of sp³-hybridized carbons (Fsp3) is 0.348. The number of carbonyl (C=O) groups excluding carboxylic acids is 1. The average Bonchev–Trinajstić information content (AvgIpc) is 2.98. The van der Waals surface area contributed by atoms with E-state index in [0.29, 0.717) is 32.3 Å². The van der Waals surface area contributed by atoms with Gasteiger partial charge < -0.3 is 5.32 Å². The number of halogens is 3. The number of rotatable bonds is 5. The summed E-state index contributed by atoms with van der Waals surface area (Å²) in [5.41, 5.74) is 1.49. The van der Waals surface area contributed by atoms with Gasteiger partial charge in [0.15, 0.2) is 11.6 Å². The molecule has 1 N–H and O–H groups in total. The molecule has 0 unspecified atom stereocenters. The second kappa shape index (κ2) is 10.0. The van der Waals surface area contributed by atoms with Gasteiger partial charge in [-0.1, -0.05) is 60.5 Å². The van der Waals surface area contributed by atoms with Gasteiger partial charge in [0, 0.05) is 21.5 Å². The van der Waals surface area contributed by atoms with E-state index in [0.717, 1.165) is 31.4 Å². The van der Waals surface area contributed by atoms with Crippen molar-refractivity contribution in [3.8, 4) is 17.1 Å². The van der Waals surface area contributed by atoms with Crippen molar-refractivity contribution >= 4 is 40.7 Å². The number of carbonyl (C=O) groups is 1. The Morgan fingerprint density at radius 3 is 2.32 bits per heavy atom. The summed E-state index contributed by atoms with van der Waals surface area (Å²) >= 11 is 18.6. The predicted octanol–water partition coefficient (Wildman–Crippen LogP) is 6.48. The zero-order valence-corrected chi connectivity index (χ0v) is 19.2. The molecule has 0 radical (unpaired) electrons. The molecule has 1 fully saturated rings. The van der Waals surface area contributed by atoms with Gasteiger partial charge in [-0.15, -0.1) is 5.10 Å². The van der Waals surface area contributed by atoms with E-state index in [9.17, 15) is 4.79 Å². The average molecular weight is 478 g/mol.